The summed E-state index contributed by atoms with van der Waals surface area (Å²) in [6.07, 6.45) is 0. The van der Waals surface area contributed by atoms with Crippen LogP contribution in [0.15, 0.2) is 40.9 Å². The molecule has 2 aromatic carbocycles. The largest absolute Gasteiger partial charge is 0.399 e. The molecule has 0 fully saturated rings. The van der Waals surface area contributed by atoms with E-state index in [2.05, 4.69) is 15.9 Å². The van der Waals surface area contributed by atoms with Crippen LogP contribution in [0.25, 0.3) is 0 Å². The molecule has 2 aromatic rings. The number of nitrogen functional groups attached to an aromatic ring is 1. The fourth-order valence-corrected chi connectivity index (χ4v) is 2.51. The van der Waals surface area contributed by atoms with E-state index in [1.54, 1.807) is 30.3 Å². The number of carbonyl (C=O) groups is 2. The first-order valence-corrected chi connectivity index (χ1v) is 6.83. The Bertz CT molecular complexity index is 756. The van der Waals surface area contributed by atoms with Crippen molar-refractivity contribution >= 4 is 39.1 Å². The van der Waals surface area contributed by atoms with Crippen LogP contribution in [-0.2, 0) is 0 Å². The minimum absolute atomic E-state index is 0.313. The molecule has 0 aromatic heterocycles. The number of benzene rings is 2. The van der Waals surface area contributed by atoms with Crippen molar-refractivity contribution in [1.82, 2.24) is 0 Å². The van der Waals surface area contributed by atoms with E-state index in [0.29, 0.717) is 22.5 Å². The molecule has 1 aliphatic rings. The monoisotopic (exact) mass is 330 g/mol. The number of nitrogens with two attached hydrogens (primary N) is 1. The molecule has 3 rings (SSSR count). The Morgan fingerprint density at radius 3 is 2.40 bits per heavy atom. The first-order valence-electron chi connectivity index (χ1n) is 6.03. The van der Waals surface area contributed by atoms with Crippen molar-refractivity contribution in [3.05, 3.63) is 57.6 Å². The molecule has 0 bridgehead atoms. The molecule has 5 heteroatoms. The van der Waals surface area contributed by atoms with E-state index in [0.717, 1.165) is 10.0 Å². The number of hydrogen-bond donors (Lipinski definition) is 1. The maximum absolute atomic E-state index is 12.4. The average molecular weight is 331 g/mol. The molecular weight excluding hydrogens is 320 g/mol. The number of nitrogens with zero attached hydrogens (tertiary/aromatic N) is 1. The number of anilines is 2. The Balaban J connectivity index is 2.11. The lowest BCUT2D eigenvalue weighted by Crippen LogP contribution is -2.29. The van der Waals surface area contributed by atoms with Crippen LogP contribution in [0.1, 0.15) is 26.3 Å². The highest BCUT2D eigenvalue weighted by atomic mass is 79.9. The van der Waals surface area contributed by atoms with Gasteiger partial charge in [0.25, 0.3) is 11.8 Å². The molecular formula is C15H11BrN2O2. The normalized spacial score (nSPS) is 13.8. The molecule has 0 radical (unpaired) electrons. The molecule has 0 saturated carbocycles. The van der Waals surface area contributed by atoms with Crippen molar-refractivity contribution in [1.29, 1.82) is 0 Å². The number of imide groups is 1. The highest BCUT2D eigenvalue weighted by Crippen LogP contribution is 2.31. The lowest BCUT2D eigenvalue weighted by molar-refractivity contribution is 0.0926. The minimum atomic E-state index is -0.334. The Kier molecular flexibility index (Phi) is 2.87. The van der Waals surface area contributed by atoms with Gasteiger partial charge in [-0.3, -0.25) is 9.59 Å². The van der Waals surface area contributed by atoms with Crippen molar-refractivity contribution in [2.75, 3.05) is 10.6 Å². The van der Waals surface area contributed by atoms with Crippen molar-refractivity contribution in [2.24, 2.45) is 0 Å². The van der Waals surface area contributed by atoms with E-state index in [-0.39, 0.29) is 11.8 Å². The number of halogens is 1. The maximum atomic E-state index is 12.4. The summed E-state index contributed by atoms with van der Waals surface area (Å²) >= 11 is 3.40. The van der Waals surface area contributed by atoms with Gasteiger partial charge in [0.15, 0.2) is 0 Å². The second-order valence-electron chi connectivity index (χ2n) is 4.68. The third-order valence-corrected chi connectivity index (χ3v) is 4.20. The first-order chi connectivity index (χ1) is 9.49. The molecule has 0 atom stereocenters. The predicted molar refractivity (Wildman–Crippen MR) is 80.9 cm³/mol. The van der Waals surface area contributed by atoms with Gasteiger partial charge in [-0.15, -0.1) is 0 Å². The number of rotatable bonds is 1. The van der Waals surface area contributed by atoms with Gasteiger partial charge in [0, 0.05) is 10.2 Å². The lowest BCUT2D eigenvalue weighted by atomic mass is 10.1. The smallest absolute Gasteiger partial charge is 0.266 e. The van der Waals surface area contributed by atoms with E-state index in [4.69, 9.17) is 5.73 Å². The molecule has 1 aliphatic heterocycles. The van der Waals surface area contributed by atoms with Crippen LogP contribution in [0, 0.1) is 6.92 Å². The van der Waals surface area contributed by atoms with Crippen LogP contribution in [0.2, 0.25) is 0 Å². The first kappa shape index (κ1) is 12.9. The Labute approximate surface area is 124 Å². The minimum Gasteiger partial charge on any atom is -0.399 e. The van der Waals surface area contributed by atoms with Gasteiger partial charge in [-0.25, -0.2) is 4.90 Å². The van der Waals surface area contributed by atoms with Crippen molar-refractivity contribution in [2.45, 2.75) is 6.92 Å². The standard InChI is InChI=1S/C15H11BrN2O2/c1-8-6-10(3-5-13(8)16)18-14(19)11-4-2-9(17)7-12(11)15(18)20/h2-7H,17H2,1H3. The second kappa shape index (κ2) is 4.45. The number of aryl methyl sites for hydroxylation is 1. The SMILES string of the molecule is Cc1cc(N2C(=O)c3ccc(N)cc3C2=O)ccc1Br. The van der Waals surface area contributed by atoms with Gasteiger partial charge in [-0.1, -0.05) is 15.9 Å². The summed E-state index contributed by atoms with van der Waals surface area (Å²) < 4.78 is 0.933. The summed E-state index contributed by atoms with van der Waals surface area (Å²) in [6, 6.07) is 10.1. The van der Waals surface area contributed by atoms with Gasteiger partial charge in [-0.2, -0.15) is 0 Å². The zero-order chi connectivity index (χ0) is 14.4. The van der Waals surface area contributed by atoms with Gasteiger partial charge in [0.2, 0.25) is 0 Å². The molecule has 0 saturated heterocycles. The summed E-state index contributed by atoms with van der Waals surface area (Å²) in [4.78, 5) is 25.9. The molecule has 0 unspecified atom stereocenters. The van der Waals surface area contributed by atoms with E-state index in [1.807, 2.05) is 13.0 Å². The Morgan fingerprint density at radius 1 is 1.00 bits per heavy atom. The molecule has 4 nitrogen and oxygen atoms in total. The summed E-state index contributed by atoms with van der Waals surface area (Å²) in [6.45, 7) is 1.91. The number of hydrogen-bond acceptors (Lipinski definition) is 3. The molecule has 100 valence electrons. The van der Waals surface area contributed by atoms with Crippen LogP contribution >= 0.6 is 15.9 Å². The highest BCUT2D eigenvalue weighted by molar-refractivity contribution is 9.10. The predicted octanol–water partition coefficient (Wildman–Crippen LogP) is 3.14. The van der Waals surface area contributed by atoms with Gasteiger partial charge < -0.3 is 5.73 Å². The molecule has 2 amide bonds. The molecule has 1 heterocycles. The van der Waals surface area contributed by atoms with Gasteiger partial charge in [-0.05, 0) is 48.9 Å². The van der Waals surface area contributed by atoms with Crippen LogP contribution in [0.4, 0.5) is 11.4 Å². The van der Waals surface area contributed by atoms with Crippen LogP contribution in [0.5, 0.6) is 0 Å². The van der Waals surface area contributed by atoms with E-state index in [9.17, 15) is 9.59 Å². The summed E-state index contributed by atoms with van der Waals surface area (Å²) in [5.74, 6) is -0.647. The van der Waals surface area contributed by atoms with Crippen molar-refractivity contribution in [3.63, 3.8) is 0 Å². The summed E-state index contributed by atoms with van der Waals surface area (Å²) in [7, 11) is 0. The van der Waals surface area contributed by atoms with E-state index < -0.39 is 0 Å². The molecule has 2 N–H and O–H groups in total. The zero-order valence-corrected chi connectivity index (χ0v) is 12.3. The number of carbonyl (C=O) groups excluding carboxylic acids is 2. The van der Waals surface area contributed by atoms with E-state index in [1.165, 1.54) is 4.90 Å². The average Bonchev–Trinajstić information content (AvgIpc) is 2.65. The third kappa shape index (κ3) is 1.82. The van der Waals surface area contributed by atoms with Crippen LogP contribution in [-0.4, -0.2) is 11.8 Å². The Hall–Kier alpha value is -2.14. The van der Waals surface area contributed by atoms with Crippen molar-refractivity contribution in [3.8, 4) is 0 Å². The molecule has 0 aliphatic carbocycles. The Morgan fingerprint density at radius 2 is 1.70 bits per heavy atom. The van der Waals surface area contributed by atoms with Gasteiger partial charge in [0.05, 0.1) is 16.8 Å². The fraction of sp³-hybridized carbons (Fsp3) is 0.0667. The zero-order valence-electron chi connectivity index (χ0n) is 10.7. The third-order valence-electron chi connectivity index (χ3n) is 3.31. The highest BCUT2D eigenvalue weighted by Gasteiger charge is 2.36. The second-order valence-corrected chi connectivity index (χ2v) is 5.54. The van der Waals surface area contributed by atoms with Crippen LogP contribution < -0.4 is 10.6 Å². The number of amides is 2. The van der Waals surface area contributed by atoms with Gasteiger partial charge in [0.1, 0.15) is 0 Å². The molecule has 0 spiro atoms. The van der Waals surface area contributed by atoms with Crippen molar-refractivity contribution < 1.29 is 9.59 Å². The fourth-order valence-electron chi connectivity index (χ4n) is 2.26. The molecule has 20 heavy (non-hydrogen) atoms. The van der Waals surface area contributed by atoms with Gasteiger partial charge >= 0.3 is 0 Å². The lowest BCUT2D eigenvalue weighted by Gasteiger charge is -2.14. The maximum Gasteiger partial charge on any atom is 0.266 e. The number of fused-ring (bicyclic) bond motifs is 1. The summed E-state index contributed by atoms with van der Waals surface area (Å²) in [5, 5.41) is 0. The topological polar surface area (TPSA) is 63.4 Å². The van der Waals surface area contributed by atoms with Crippen LogP contribution in [0.3, 0.4) is 0 Å². The van der Waals surface area contributed by atoms with E-state index >= 15 is 0 Å². The summed E-state index contributed by atoms with van der Waals surface area (Å²) in [5.41, 5.74) is 8.42. The quantitative estimate of drug-likeness (QED) is 0.645.